The van der Waals surface area contributed by atoms with Crippen LogP contribution in [0.3, 0.4) is 0 Å². The second-order valence-electron chi connectivity index (χ2n) is 7.68. The van der Waals surface area contributed by atoms with E-state index in [9.17, 15) is 19.5 Å². The molecule has 7 atom stereocenters. The SMILES string of the molecule is CC(C)C[C@H](C(=O)O)N1C(=O)[C@@H]2[C@@H]3C=C[C@@H]([C@H]4C[C@@H]34)[C@@H]2C1=O. The summed E-state index contributed by atoms with van der Waals surface area (Å²) in [5.74, 6) is -0.666. The average Bonchev–Trinajstić information content (AvgIpc) is 3.22. The molecule has 2 bridgehead atoms. The Kier molecular flexibility index (Phi) is 2.81. The van der Waals surface area contributed by atoms with Gasteiger partial charge in [0.1, 0.15) is 6.04 Å². The van der Waals surface area contributed by atoms with Crippen molar-refractivity contribution < 1.29 is 19.5 Å². The van der Waals surface area contributed by atoms with Gasteiger partial charge in [-0.25, -0.2) is 4.79 Å². The van der Waals surface area contributed by atoms with Crippen LogP contribution in [0.25, 0.3) is 0 Å². The van der Waals surface area contributed by atoms with Crippen molar-refractivity contribution in [3.05, 3.63) is 12.2 Å². The molecular weight excluding hydrogens is 282 g/mol. The summed E-state index contributed by atoms with van der Waals surface area (Å²) in [5, 5.41) is 9.50. The number of hydrogen-bond donors (Lipinski definition) is 1. The highest BCUT2D eigenvalue weighted by atomic mass is 16.4. The van der Waals surface area contributed by atoms with Crippen LogP contribution in [0, 0.1) is 41.4 Å². The number of carbonyl (C=O) groups excluding carboxylic acids is 2. The van der Waals surface area contributed by atoms with Gasteiger partial charge in [0.05, 0.1) is 11.8 Å². The third-order valence-electron chi connectivity index (χ3n) is 5.99. The summed E-state index contributed by atoms with van der Waals surface area (Å²) in [6, 6.07) is -1.01. The van der Waals surface area contributed by atoms with Crippen LogP contribution in [-0.4, -0.2) is 33.8 Å². The normalized spacial score (nSPS) is 42.6. The molecule has 0 aromatic carbocycles. The van der Waals surface area contributed by atoms with Crippen molar-refractivity contribution in [2.24, 2.45) is 41.4 Å². The molecule has 5 aliphatic rings. The van der Waals surface area contributed by atoms with Gasteiger partial charge in [-0.1, -0.05) is 26.0 Å². The number of carboxylic acids is 1. The first kappa shape index (κ1) is 14.0. The summed E-state index contributed by atoms with van der Waals surface area (Å²) in [6.45, 7) is 3.82. The van der Waals surface area contributed by atoms with Crippen molar-refractivity contribution in [2.45, 2.75) is 32.7 Å². The maximum absolute atomic E-state index is 12.8. The molecule has 2 saturated carbocycles. The van der Waals surface area contributed by atoms with Crippen LogP contribution >= 0.6 is 0 Å². The fourth-order valence-electron chi connectivity index (χ4n) is 5.05. The minimum absolute atomic E-state index is 0.118. The van der Waals surface area contributed by atoms with Crippen LogP contribution in [0.15, 0.2) is 12.2 Å². The van der Waals surface area contributed by atoms with Crippen molar-refractivity contribution in [1.82, 2.24) is 4.90 Å². The van der Waals surface area contributed by atoms with Gasteiger partial charge < -0.3 is 5.11 Å². The molecule has 0 aromatic rings. The van der Waals surface area contributed by atoms with Crippen LogP contribution in [0.1, 0.15) is 26.7 Å². The maximum atomic E-state index is 12.8. The Hall–Kier alpha value is -1.65. The van der Waals surface area contributed by atoms with E-state index in [0.717, 1.165) is 11.3 Å². The fraction of sp³-hybridized carbons (Fsp3) is 0.706. The topological polar surface area (TPSA) is 74.7 Å². The summed E-state index contributed by atoms with van der Waals surface area (Å²) in [5.41, 5.74) is 0. The van der Waals surface area contributed by atoms with Gasteiger partial charge in [-0.2, -0.15) is 0 Å². The highest BCUT2D eigenvalue weighted by Crippen LogP contribution is 2.65. The second kappa shape index (κ2) is 4.43. The zero-order valence-electron chi connectivity index (χ0n) is 12.8. The first-order valence-corrected chi connectivity index (χ1v) is 8.20. The van der Waals surface area contributed by atoms with E-state index in [1.165, 1.54) is 0 Å². The molecule has 1 heterocycles. The Bertz CT molecular complexity index is 559. The van der Waals surface area contributed by atoms with Crippen LogP contribution < -0.4 is 0 Å². The monoisotopic (exact) mass is 303 g/mol. The predicted octanol–water partition coefficient (Wildman–Crippen LogP) is 1.54. The van der Waals surface area contributed by atoms with Crippen molar-refractivity contribution in [3.63, 3.8) is 0 Å². The van der Waals surface area contributed by atoms with Crippen molar-refractivity contribution in [1.29, 1.82) is 0 Å². The number of nitrogens with zero attached hydrogens (tertiary/aromatic N) is 1. The van der Waals surface area contributed by atoms with E-state index in [2.05, 4.69) is 12.2 Å². The molecule has 0 unspecified atom stereocenters. The van der Waals surface area contributed by atoms with Gasteiger partial charge in [-0.3, -0.25) is 14.5 Å². The van der Waals surface area contributed by atoms with Gasteiger partial charge in [0.15, 0.2) is 0 Å². The van der Waals surface area contributed by atoms with Crippen molar-refractivity contribution in [2.75, 3.05) is 0 Å². The highest BCUT2D eigenvalue weighted by Gasteiger charge is 2.67. The van der Waals surface area contributed by atoms with Gasteiger partial charge in [-0.05, 0) is 42.4 Å². The lowest BCUT2D eigenvalue weighted by molar-refractivity contribution is -0.155. The van der Waals surface area contributed by atoms with Crippen LogP contribution in [0.5, 0.6) is 0 Å². The number of amides is 2. The van der Waals surface area contributed by atoms with Gasteiger partial charge >= 0.3 is 5.97 Å². The highest BCUT2D eigenvalue weighted by molar-refractivity contribution is 6.08. The molecule has 5 nitrogen and oxygen atoms in total. The molecule has 1 saturated heterocycles. The molecule has 1 N–H and O–H groups in total. The number of hydrogen-bond acceptors (Lipinski definition) is 3. The van der Waals surface area contributed by atoms with E-state index in [1.807, 2.05) is 13.8 Å². The number of allylic oxidation sites excluding steroid dienone is 2. The smallest absolute Gasteiger partial charge is 0.326 e. The summed E-state index contributed by atoms with van der Waals surface area (Å²) < 4.78 is 0. The van der Waals surface area contributed by atoms with E-state index in [0.29, 0.717) is 18.3 Å². The standard InChI is InChI=1S/C17H21NO4/c1-7(2)5-12(17(21)22)18-15(19)13-8-3-4-9(11-6-10(8)11)14(13)16(18)20/h3-4,7-14H,5-6H2,1-2H3,(H,21,22)/t8-,9+,10+,11-,12-,13-,14+/m1/s1. The van der Waals surface area contributed by atoms with E-state index >= 15 is 0 Å². The van der Waals surface area contributed by atoms with E-state index in [4.69, 9.17) is 0 Å². The molecule has 0 spiro atoms. The summed E-state index contributed by atoms with van der Waals surface area (Å²) in [4.78, 5) is 38.4. The molecule has 0 aromatic heterocycles. The first-order chi connectivity index (χ1) is 10.4. The molecule has 5 heteroatoms. The zero-order chi connectivity index (χ0) is 15.8. The van der Waals surface area contributed by atoms with Crippen molar-refractivity contribution in [3.8, 4) is 0 Å². The van der Waals surface area contributed by atoms with Gasteiger partial charge in [0, 0.05) is 0 Å². The third kappa shape index (κ3) is 1.68. The Morgan fingerprint density at radius 1 is 1.18 bits per heavy atom. The number of carbonyl (C=O) groups is 3. The quantitative estimate of drug-likeness (QED) is 0.631. The minimum Gasteiger partial charge on any atom is -0.480 e. The van der Waals surface area contributed by atoms with E-state index < -0.39 is 12.0 Å². The lowest BCUT2D eigenvalue weighted by Crippen LogP contribution is -2.46. The lowest BCUT2D eigenvalue weighted by atomic mass is 9.63. The molecule has 1 aliphatic heterocycles. The molecule has 4 aliphatic carbocycles. The molecule has 22 heavy (non-hydrogen) atoms. The Balaban J connectivity index is 1.68. The average molecular weight is 303 g/mol. The fourth-order valence-corrected chi connectivity index (χ4v) is 5.05. The number of imide groups is 1. The summed E-state index contributed by atoms with van der Waals surface area (Å²) in [7, 11) is 0. The predicted molar refractivity (Wildman–Crippen MR) is 77.4 cm³/mol. The number of rotatable bonds is 4. The number of aliphatic carboxylic acids is 1. The molecule has 3 fully saturated rings. The third-order valence-corrected chi connectivity index (χ3v) is 5.99. The Morgan fingerprint density at radius 3 is 2.09 bits per heavy atom. The van der Waals surface area contributed by atoms with Gasteiger partial charge in [0.2, 0.25) is 11.8 Å². The summed E-state index contributed by atoms with van der Waals surface area (Å²) in [6.07, 6.45) is 5.64. The largest absolute Gasteiger partial charge is 0.480 e. The maximum Gasteiger partial charge on any atom is 0.326 e. The molecule has 118 valence electrons. The van der Waals surface area contributed by atoms with E-state index in [1.54, 1.807) is 0 Å². The molecule has 5 rings (SSSR count). The Morgan fingerprint density at radius 2 is 1.68 bits per heavy atom. The molecule has 2 amide bonds. The van der Waals surface area contributed by atoms with Crippen LogP contribution in [-0.2, 0) is 14.4 Å². The molecular formula is C17H21NO4. The van der Waals surface area contributed by atoms with Crippen molar-refractivity contribution >= 4 is 17.8 Å². The molecule has 0 radical (unpaired) electrons. The first-order valence-electron chi connectivity index (χ1n) is 8.20. The minimum atomic E-state index is -1.07. The van der Waals surface area contributed by atoms with Crippen LogP contribution in [0.4, 0.5) is 0 Å². The van der Waals surface area contributed by atoms with Gasteiger partial charge in [0.25, 0.3) is 0 Å². The number of carboxylic acid groups (broad SMARTS) is 1. The number of likely N-dealkylation sites (tertiary alicyclic amines) is 1. The van der Waals surface area contributed by atoms with Gasteiger partial charge in [-0.15, -0.1) is 0 Å². The summed E-state index contributed by atoms with van der Waals surface area (Å²) >= 11 is 0. The second-order valence-corrected chi connectivity index (χ2v) is 7.68. The van der Waals surface area contributed by atoms with Crippen LogP contribution in [0.2, 0.25) is 0 Å². The Labute approximate surface area is 129 Å². The zero-order valence-corrected chi connectivity index (χ0v) is 12.8. The van der Waals surface area contributed by atoms with E-state index in [-0.39, 0.29) is 41.4 Å². The lowest BCUT2D eigenvalue weighted by Gasteiger charge is -2.37.